The Kier molecular flexibility index (Phi) is 6.14. The highest BCUT2D eigenvalue weighted by atomic mass is 35.5. The average Bonchev–Trinajstić information content (AvgIpc) is 2.74. The van der Waals surface area contributed by atoms with Crippen molar-refractivity contribution < 1.29 is 29.3 Å². The molecule has 0 unspecified atom stereocenters. The van der Waals surface area contributed by atoms with Gasteiger partial charge >= 0.3 is 11.9 Å². The number of aliphatic hydroxyl groups excluding tert-OH is 1. The van der Waals surface area contributed by atoms with Crippen molar-refractivity contribution in [2.45, 2.75) is 23.2 Å². The minimum Gasteiger partial charge on any atom is -0.459 e. The molecule has 0 aromatic heterocycles. The highest BCUT2D eigenvalue weighted by Gasteiger charge is 2.50. The van der Waals surface area contributed by atoms with Gasteiger partial charge in [-0.15, -0.1) is 11.6 Å². The van der Waals surface area contributed by atoms with E-state index in [1.54, 1.807) is 60.7 Å². The monoisotopic (exact) mass is 402 g/mol. The zero-order chi connectivity index (χ0) is 20.1. The molecule has 146 valence electrons. The molecular weight excluding hydrogens is 384 g/mol. The Balaban J connectivity index is 1.69. The predicted octanol–water partition coefficient (Wildman–Crippen LogP) is 2.34. The molecule has 6 nitrogen and oxygen atoms in total. The van der Waals surface area contributed by atoms with Crippen molar-refractivity contribution in [3.05, 3.63) is 83.9 Å². The van der Waals surface area contributed by atoms with E-state index in [1.165, 1.54) is 12.2 Å². The second kappa shape index (κ2) is 8.56. The molecule has 0 amide bonds. The fourth-order valence-corrected chi connectivity index (χ4v) is 3.08. The number of esters is 2. The lowest BCUT2D eigenvalue weighted by molar-refractivity contribution is -0.140. The van der Waals surface area contributed by atoms with Crippen LogP contribution in [0.5, 0.6) is 0 Å². The molecule has 2 aromatic rings. The predicted molar refractivity (Wildman–Crippen MR) is 102 cm³/mol. The number of carbonyl (C=O) groups is 2. The summed E-state index contributed by atoms with van der Waals surface area (Å²) >= 11 is 6.14. The maximum absolute atomic E-state index is 12.2. The van der Waals surface area contributed by atoms with Crippen LogP contribution < -0.4 is 0 Å². The third-order valence-electron chi connectivity index (χ3n) is 4.47. The van der Waals surface area contributed by atoms with Gasteiger partial charge in [-0.1, -0.05) is 42.5 Å². The number of halogens is 1. The summed E-state index contributed by atoms with van der Waals surface area (Å²) in [5.74, 6) is -1.33. The van der Waals surface area contributed by atoms with Gasteiger partial charge in [0.15, 0.2) is 0 Å². The third-order valence-corrected chi connectivity index (χ3v) is 4.99. The third kappa shape index (κ3) is 4.25. The van der Waals surface area contributed by atoms with Gasteiger partial charge < -0.3 is 19.7 Å². The second-order valence-electron chi connectivity index (χ2n) is 6.40. The van der Waals surface area contributed by atoms with Gasteiger partial charge in [0.05, 0.1) is 16.5 Å². The lowest BCUT2D eigenvalue weighted by Crippen LogP contribution is -2.60. The van der Waals surface area contributed by atoms with Crippen molar-refractivity contribution in [2.24, 2.45) is 0 Å². The number of ether oxygens (including phenoxy) is 2. The molecule has 28 heavy (non-hydrogen) atoms. The molecule has 0 saturated heterocycles. The highest BCUT2D eigenvalue weighted by molar-refractivity contribution is 6.22. The molecular formula is C21H19ClO6. The molecule has 3 rings (SSSR count). The first-order valence-electron chi connectivity index (χ1n) is 8.63. The first-order valence-corrected chi connectivity index (χ1v) is 9.06. The number of alkyl halides is 1. The fourth-order valence-electron chi connectivity index (χ4n) is 2.80. The molecule has 2 aromatic carbocycles. The van der Waals surface area contributed by atoms with Crippen LogP contribution in [-0.4, -0.2) is 51.9 Å². The van der Waals surface area contributed by atoms with E-state index >= 15 is 0 Å². The van der Waals surface area contributed by atoms with Crippen molar-refractivity contribution >= 4 is 23.5 Å². The van der Waals surface area contributed by atoms with E-state index in [0.717, 1.165) is 0 Å². The Bertz CT molecular complexity index is 854. The Morgan fingerprint density at radius 2 is 1.46 bits per heavy atom. The van der Waals surface area contributed by atoms with E-state index in [1.807, 2.05) is 0 Å². The zero-order valence-corrected chi connectivity index (χ0v) is 15.5. The normalized spacial score (nSPS) is 26.5. The summed E-state index contributed by atoms with van der Waals surface area (Å²) in [7, 11) is 0. The minimum atomic E-state index is -2.03. The van der Waals surface area contributed by atoms with Crippen LogP contribution in [0.15, 0.2) is 72.8 Å². The van der Waals surface area contributed by atoms with Gasteiger partial charge in [-0.3, -0.25) is 0 Å². The number of hydrogen-bond donors (Lipinski definition) is 2. The standard InChI is InChI=1S/C21H19ClO6/c22-17-12-11-16(28-20(25)15-9-5-2-6-10-15)18(23)21(17,26)13-27-19(24)14-7-3-1-4-8-14/h1-12,16-18,23,26H,13H2/t16-,17+,18+,21+/m0/s1. The molecule has 0 bridgehead atoms. The van der Waals surface area contributed by atoms with E-state index in [2.05, 4.69) is 0 Å². The van der Waals surface area contributed by atoms with Crippen LogP contribution >= 0.6 is 11.6 Å². The molecule has 0 saturated carbocycles. The lowest BCUT2D eigenvalue weighted by Gasteiger charge is -2.40. The van der Waals surface area contributed by atoms with Gasteiger partial charge in [-0.05, 0) is 30.3 Å². The van der Waals surface area contributed by atoms with Crippen molar-refractivity contribution in [1.82, 2.24) is 0 Å². The average molecular weight is 403 g/mol. The maximum atomic E-state index is 12.2. The molecule has 1 aliphatic rings. The zero-order valence-electron chi connectivity index (χ0n) is 14.8. The van der Waals surface area contributed by atoms with Gasteiger partial charge in [0.2, 0.25) is 0 Å². The van der Waals surface area contributed by atoms with Crippen LogP contribution in [0.25, 0.3) is 0 Å². The van der Waals surface area contributed by atoms with Crippen LogP contribution in [0.2, 0.25) is 0 Å². The van der Waals surface area contributed by atoms with Gasteiger partial charge in [-0.2, -0.15) is 0 Å². The van der Waals surface area contributed by atoms with Crippen molar-refractivity contribution in [2.75, 3.05) is 6.61 Å². The molecule has 0 radical (unpaired) electrons. The Morgan fingerprint density at radius 1 is 0.929 bits per heavy atom. The molecule has 2 N–H and O–H groups in total. The van der Waals surface area contributed by atoms with Crippen LogP contribution in [-0.2, 0) is 9.47 Å². The summed E-state index contributed by atoms with van der Waals surface area (Å²) in [6.45, 7) is -0.570. The quantitative estimate of drug-likeness (QED) is 0.453. The molecule has 0 aliphatic heterocycles. The van der Waals surface area contributed by atoms with Gasteiger partial charge in [0.25, 0.3) is 0 Å². The van der Waals surface area contributed by atoms with Crippen LogP contribution in [0.4, 0.5) is 0 Å². The van der Waals surface area contributed by atoms with Gasteiger partial charge in [0.1, 0.15) is 24.4 Å². The van der Waals surface area contributed by atoms with E-state index < -0.39 is 41.7 Å². The summed E-state index contributed by atoms with van der Waals surface area (Å²) in [6.07, 6.45) is 0.0592. The van der Waals surface area contributed by atoms with E-state index in [-0.39, 0.29) is 0 Å². The molecule has 1 aliphatic carbocycles. The van der Waals surface area contributed by atoms with E-state index in [0.29, 0.717) is 11.1 Å². The lowest BCUT2D eigenvalue weighted by atomic mass is 9.84. The topological polar surface area (TPSA) is 93.1 Å². The molecule has 0 spiro atoms. The van der Waals surface area contributed by atoms with Crippen molar-refractivity contribution in [3.8, 4) is 0 Å². The Labute approximate surface area is 167 Å². The Morgan fingerprint density at radius 3 is 2.04 bits per heavy atom. The van der Waals surface area contributed by atoms with E-state index in [4.69, 9.17) is 21.1 Å². The Hall–Kier alpha value is -2.67. The first kappa shape index (κ1) is 20.1. The van der Waals surface area contributed by atoms with Crippen LogP contribution in [0.3, 0.4) is 0 Å². The van der Waals surface area contributed by atoms with Gasteiger partial charge in [0, 0.05) is 0 Å². The number of aliphatic hydroxyl groups is 2. The van der Waals surface area contributed by atoms with Crippen molar-refractivity contribution in [1.29, 1.82) is 0 Å². The van der Waals surface area contributed by atoms with E-state index in [9.17, 15) is 19.8 Å². The summed E-state index contributed by atoms with van der Waals surface area (Å²) in [4.78, 5) is 24.4. The summed E-state index contributed by atoms with van der Waals surface area (Å²) in [5.41, 5.74) is -1.43. The summed E-state index contributed by atoms with van der Waals surface area (Å²) in [6, 6.07) is 16.5. The number of hydrogen-bond acceptors (Lipinski definition) is 6. The maximum Gasteiger partial charge on any atom is 0.338 e. The molecule has 0 heterocycles. The first-order chi connectivity index (χ1) is 13.4. The number of benzene rings is 2. The minimum absolute atomic E-state index is 0.296. The molecule has 7 heteroatoms. The largest absolute Gasteiger partial charge is 0.459 e. The van der Waals surface area contributed by atoms with Crippen molar-refractivity contribution in [3.63, 3.8) is 0 Å². The number of rotatable bonds is 5. The smallest absolute Gasteiger partial charge is 0.338 e. The van der Waals surface area contributed by atoms with Gasteiger partial charge in [-0.25, -0.2) is 9.59 Å². The van der Waals surface area contributed by atoms with Crippen LogP contribution in [0.1, 0.15) is 20.7 Å². The fraction of sp³-hybridized carbons (Fsp3) is 0.238. The summed E-state index contributed by atoms with van der Waals surface area (Å²) in [5, 5.41) is 20.4. The SMILES string of the molecule is O=C(OC[C@@]1(O)[C@H](Cl)C=C[C@H](OC(=O)c2ccccc2)[C@H]1O)c1ccccc1. The highest BCUT2D eigenvalue weighted by Crippen LogP contribution is 2.31. The number of carbonyl (C=O) groups excluding carboxylic acids is 2. The molecule has 4 atom stereocenters. The van der Waals surface area contributed by atoms with Crippen LogP contribution in [0, 0.1) is 0 Å². The molecule has 0 fully saturated rings. The summed E-state index contributed by atoms with van der Waals surface area (Å²) < 4.78 is 10.4. The second-order valence-corrected chi connectivity index (χ2v) is 6.87.